The molecule has 0 saturated heterocycles. The molecule has 0 atom stereocenters. The number of hydrogen-bond donors (Lipinski definition) is 1. The molecular formula is C17H20N6O. The molecule has 3 aromatic rings. The van der Waals surface area contributed by atoms with E-state index >= 15 is 0 Å². The monoisotopic (exact) mass is 324 g/mol. The van der Waals surface area contributed by atoms with Crippen LogP contribution in [0.4, 0.5) is 5.69 Å². The lowest BCUT2D eigenvalue weighted by atomic mass is 10.3. The molecule has 7 nitrogen and oxygen atoms in total. The van der Waals surface area contributed by atoms with Crippen molar-refractivity contribution in [2.75, 3.05) is 11.9 Å². The third-order valence-electron chi connectivity index (χ3n) is 4.22. The zero-order valence-electron chi connectivity index (χ0n) is 13.4. The second kappa shape index (κ2) is 6.84. The number of hydrogen-bond acceptors (Lipinski definition) is 6. The van der Waals surface area contributed by atoms with Gasteiger partial charge in [0.05, 0.1) is 31.3 Å². The Morgan fingerprint density at radius 2 is 2.21 bits per heavy atom. The fourth-order valence-corrected chi connectivity index (χ4v) is 3.03. The van der Waals surface area contributed by atoms with E-state index in [0.717, 1.165) is 49.9 Å². The number of nitrogens with zero attached hydrogens (tertiary/aromatic N) is 5. The molecule has 7 heteroatoms. The van der Waals surface area contributed by atoms with Crippen LogP contribution in [-0.2, 0) is 26.2 Å². The maximum Gasteiger partial charge on any atom is 0.152 e. The third kappa shape index (κ3) is 3.30. The minimum atomic E-state index is 0.653. The first-order valence-electron chi connectivity index (χ1n) is 8.17. The van der Waals surface area contributed by atoms with E-state index in [4.69, 9.17) is 4.42 Å². The molecule has 0 spiro atoms. The quantitative estimate of drug-likeness (QED) is 0.776. The molecule has 0 bridgehead atoms. The number of furan rings is 1. The SMILES string of the molecule is c1cncc(NCc2nnc3n2CCCN(Cc2ccoc2)C3)c1. The number of pyridine rings is 1. The summed E-state index contributed by atoms with van der Waals surface area (Å²) < 4.78 is 7.40. The molecule has 4 heterocycles. The smallest absolute Gasteiger partial charge is 0.152 e. The Morgan fingerprint density at radius 1 is 1.21 bits per heavy atom. The van der Waals surface area contributed by atoms with Crippen LogP contribution in [-0.4, -0.2) is 31.2 Å². The molecule has 4 rings (SSSR count). The molecule has 0 aromatic carbocycles. The Morgan fingerprint density at radius 3 is 3.04 bits per heavy atom. The topological polar surface area (TPSA) is 72.0 Å². The molecule has 1 aliphatic heterocycles. The normalized spacial score (nSPS) is 15.0. The molecule has 124 valence electrons. The van der Waals surface area contributed by atoms with Crippen molar-refractivity contribution < 1.29 is 4.42 Å². The first kappa shape index (κ1) is 14.9. The van der Waals surface area contributed by atoms with Crippen LogP contribution in [0.5, 0.6) is 0 Å². The Labute approximate surface area is 140 Å². The van der Waals surface area contributed by atoms with Crippen LogP contribution in [0.25, 0.3) is 0 Å². The first-order chi connectivity index (χ1) is 11.9. The van der Waals surface area contributed by atoms with Gasteiger partial charge in [-0.1, -0.05) is 0 Å². The third-order valence-corrected chi connectivity index (χ3v) is 4.22. The van der Waals surface area contributed by atoms with Gasteiger partial charge in [-0.2, -0.15) is 0 Å². The lowest BCUT2D eigenvalue weighted by molar-refractivity contribution is 0.257. The van der Waals surface area contributed by atoms with Gasteiger partial charge in [-0.05, 0) is 24.6 Å². The van der Waals surface area contributed by atoms with Crippen LogP contribution < -0.4 is 5.32 Å². The lowest BCUT2D eigenvalue weighted by Gasteiger charge is -2.17. The van der Waals surface area contributed by atoms with Crippen molar-refractivity contribution in [1.82, 2.24) is 24.6 Å². The predicted molar refractivity (Wildman–Crippen MR) is 89.0 cm³/mol. The number of anilines is 1. The standard InChI is InChI=1S/C17H20N6O/c1-3-15(9-18-5-1)19-10-16-20-21-17-12-22(6-2-7-23(16)17)11-14-4-8-24-13-14/h1,3-5,8-9,13,19H,2,6-7,10-12H2. The summed E-state index contributed by atoms with van der Waals surface area (Å²) in [6, 6.07) is 5.93. The van der Waals surface area contributed by atoms with Gasteiger partial charge in [0.15, 0.2) is 5.82 Å². The molecule has 0 fully saturated rings. The van der Waals surface area contributed by atoms with Gasteiger partial charge in [-0.15, -0.1) is 10.2 Å². The van der Waals surface area contributed by atoms with Crippen molar-refractivity contribution in [3.63, 3.8) is 0 Å². The van der Waals surface area contributed by atoms with E-state index in [1.165, 1.54) is 5.56 Å². The van der Waals surface area contributed by atoms with Gasteiger partial charge < -0.3 is 14.3 Å². The Hall–Kier alpha value is -2.67. The summed E-state index contributed by atoms with van der Waals surface area (Å²) in [6.45, 7) is 4.34. The van der Waals surface area contributed by atoms with Gasteiger partial charge in [-0.3, -0.25) is 9.88 Å². The first-order valence-corrected chi connectivity index (χ1v) is 8.17. The maximum absolute atomic E-state index is 5.16. The highest BCUT2D eigenvalue weighted by molar-refractivity contribution is 5.39. The lowest BCUT2D eigenvalue weighted by Crippen LogP contribution is -2.22. The molecule has 0 amide bonds. The molecular weight excluding hydrogens is 304 g/mol. The van der Waals surface area contributed by atoms with Crippen LogP contribution in [0.15, 0.2) is 47.5 Å². The molecule has 0 aliphatic carbocycles. The highest BCUT2D eigenvalue weighted by Gasteiger charge is 2.19. The van der Waals surface area contributed by atoms with Gasteiger partial charge in [0.25, 0.3) is 0 Å². The van der Waals surface area contributed by atoms with Crippen molar-refractivity contribution in [2.45, 2.75) is 32.6 Å². The van der Waals surface area contributed by atoms with E-state index in [1.54, 1.807) is 18.7 Å². The van der Waals surface area contributed by atoms with Crippen molar-refractivity contribution in [1.29, 1.82) is 0 Å². The molecule has 24 heavy (non-hydrogen) atoms. The highest BCUT2D eigenvalue weighted by Crippen LogP contribution is 2.16. The van der Waals surface area contributed by atoms with E-state index < -0.39 is 0 Å². The summed E-state index contributed by atoms with van der Waals surface area (Å²) in [5.74, 6) is 2.00. The van der Waals surface area contributed by atoms with Crippen LogP contribution in [0.1, 0.15) is 23.6 Å². The van der Waals surface area contributed by atoms with Crippen molar-refractivity contribution >= 4 is 5.69 Å². The predicted octanol–water partition coefficient (Wildman–Crippen LogP) is 2.28. The van der Waals surface area contributed by atoms with Crippen molar-refractivity contribution in [3.8, 4) is 0 Å². The van der Waals surface area contributed by atoms with Crippen LogP contribution >= 0.6 is 0 Å². The summed E-state index contributed by atoms with van der Waals surface area (Å²) in [5, 5.41) is 12.1. The highest BCUT2D eigenvalue weighted by atomic mass is 16.3. The summed E-state index contributed by atoms with van der Waals surface area (Å²) >= 11 is 0. The largest absolute Gasteiger partial charge is 0.472 e. The van der Waals surface area contributed by atoms with Gasteiger partial charge in [0.1, 0.15) is 5.82 Å². The van der Waals surface area contributed by atoms with Crippen LogP contribution in [0, 0.1) is 0 Å². The zero-order chi connectivity index (χ0) is 16.2. The minimum Gasteiger partial charge on any atom is -0.472 e. The Kier molecular flexibility index (Phi) is 4.24. The summed E-state index contributed by atoms with van der Waals surface area (Å²) in [5.41, 5.74) is 2.19. The zero-order valence-corrected chi connectivity index (χ0v) is 13.4. The average Bonchev–Trinajstić information content (AvgIpc) is 3.20. The van der Waals surface area contributed by atoms with E-state index in [9.17, 15) is 0 Å². The van der Waals surface area contributed by atoms with Crippen molar-refractivity contribution in [3.05, 3.63) is 60.3 Å². The molecule has 0 radical (unpaired) electrons. The minimum absolute atomic E-state index is 0.653. The van der Waals surface area contributed by atoms with Gasteiger partial charge in [0.2, 0.25) is 0 Å². The fraction of sp³-hybridized carbons (Fsp3) is 0.353. The van der Waals surface area contributed by atoms with E-state index in [0.29, 0.717) is 6.54 Å². The summed E-state index contributed by atoms with van der Waals surface area (Å²) in [4.78, 5) is 6.50. The Balaban J connectivity index is 1.44. The maximum atomic E-state index is 5.16. The Bertz CT molecular complexity index is 768. The number of aromatic nitrogens is 4. The molecule has 0 unspecified atom stereocenters. The fourth-order valence-electron chi connectivity index (χ4n) is 3.03. The average molecular weight is 324 g/mol. The van der Waals surface area contributed by atoms with Gasteiger partial charge >= 0.3 is 0 Å². The summed E-state index contributed by atoms with van der Waals surface area (Å²) in [6.07, 6.45) is 8.19. The van der Waals surface area contributed by atoms with Crippen LogP contribution in [0.2, 0.25) is 0 Å². The van der Waals surface area contributed by atoms with E-state index in [-0.39, 0.29) is 0 Å². The number of fused-ring (bicyclic) bond motifs is 1. The molecule has 0 saturated carbocycles. The van der Waals surface area contributed by atoms with Crippen molar-refractivity contribution in [2.24, 2.45) is 0 Å². The van der Waals surface area contributed by atoms with Crippen LogP contribution in [0.3, 0.4) is 0 Å². The molecule has 1 N–H and O–H groups in total. The van der Waals surface area contributed by atoms with E-state index in [1.807, 2.05) is 24.4 Å². The van der Waals surface area contributed by atoms with Gasteiger partial charge in [0, 0.05) is 37.6 Å². The summed E-state index contributed by atoms with van der Waals surface area (Å²) in [7, 11) is 0. The number of rotatable bonds is 5. The number of nitrogens with one attached hydrogen (secondary N) is 1. The molecule has 1 aliphatic rings. The second-order valence-corrected chi connectivity index (χ2v) is 5.98. The molecule has 3 aromatic heterocycles. The second-order valence-electron chi connectivity index (χ2n) is 5.98. The van der Waals surface area contributed by atoms with E-state index in [2.05, 4.69) is 30.0 Å². The van der Waals surface area contributed by atoms with Gasteiger partial charge in [-0.25, -0.2) is 0 Å².